The maximum atomic E-state index is 13.4. The van der Waals surface area contributed by atoms with Crippen LogP contribution >= 0.6 is 27.7 Å². The van der Waals surface area contributed by atoms with Gasteiger partial charge >= 0.3 is 0 Å². The number of nitrogens with zero attached hydrogens (tertiary/aromatic N) is 2. The van der Waals surface area contributed by atoms with Crippen LogP contribution in [-0.2, 0) is 11.3 Å². The van der Waals surface area contributed by atoms with E-state index in [9.17, 15) is 9.18 Å². The molecule has 1 aromatic carbocycles. The fourth-order valence-corrected chi connectivity index (χ4v) is 3.83. The Morgan fingerprint density at radius 1 is 1.43 bits per heavy atom. The topological polar surface area (TPSA) is 33.2 Å². The predicted molar refractivity (Wildman–Crippen MR) is 84.1 cm³/mol. The Morgan fingerprint density at radius 2 is 2.29 bits per heavy atom. The highest BCUT2D eigenvalue weighted by Gasteiger charge is 2.33. The summed E-state index contributed by atoms with van der Waals surface area (Å²) >= 11 is 4.76. The first-order valence-electron chi connectivity index (χ1n) is 6.40. The van der Waals surface area contributed by atoms with Gasteiger partial charge < -0.3 is 4.90 Å². The van der Waals surface area contributed by atoms with Crippen molar-refractivity contribution < 1.29 is 9.18 Å². The van der Waals surface area contributed by atoms with Gasteiger partial charge in [0.05, 0.1) is 10.2 Å². The lowest BCUT2D eigenvalue weighted by molar-refractivity contribution is -0.128. The van der Waals surface area contributed by atoms with Gasteiger partial charge in [0, 0.05) is 18.9 Å². The van der Waals surface area contributed by atoms with Gasteiger partial charge in [-0.25, -0.2) is 4.39 Å². The van der Waals surface area contributed by atoms with Crippen LogP contribution in [0.5, 0.6) is 0 Å². The molecule has 1 amide bonds. The van der Waals surface area contributed by atoms with E-state index in [1.807, 2.05) is 12.1 Å². The first-order valence-corrected chi connectivity index (χ1v) is 8.24. The highest BCUT2D eigenvalue weighted by atomic mass is 79.9. The molecule has 0 spiro atoms. The van der Waals surface area contributed by atoms with Crippen LogP contribution in [0.1, 0.15) is 16.5 Å². The number of pyridine rings is 1. The minimum Gasteiger partial charge on any atom is -0.321 e. The van der Waals surface area contributed by atoms with Crippen LogP contribution in [-0.4, -0.2) is 21.5 Å². The summed E-state index contributed by atoms with van der Waals surface area (Å²) in [5.41, 5.74) is 1.91. The van der Waals surface area contributed by atoms with E-state index in [4.69, 9.17) is 0 Å². The van der Waals surface area contributed by atoms with E-state index in [2.05, 4.69) is 20.9 Å². The zero-order valence-electron chi connectivity index (χ0n) is 11.0. The fourth-order valence-electron chi connectivity index (χ4n) is 2.26. The predicted octanol–water partition coefficient (Wildman–Crippen LogP) is 3.76. The standard InChI is InChI=1S/C15H12BrFN2OS/c16-12-6-11(3-4-13(12)17)15-19(14(20)9-21-15)8-10-2-1-5-18-7-10/h1-7,15H,8-9H2. The summed E-state index contributed by atoms with van der Waals surface area (Å²) < 4.78 is 13.8. The molecular formula is C15H12BrFN2OS. The van der Waals surface area contributed by atoms with Crippen molar-refractivity contribution in [3.8, 4) is 0 Å². The van der Waals surface area contributed by atoms with Gasteiger partial charge in [-0.05, 0) is 45.3 Å². The number of hydrogen-bond acceptors (Lipinski definition) is 3. The Morgan fingerprint density at radius 3 is 3.00 bits per heavy atom. The first-order chi connectivity index (χ1) is 10.1. The molecule has 0 aliphatic carbocycles. The van der Waals surface area contributed by atoms with Gasteiger partial charge in [-0.3, -0.25) is 9.78 Å². The van der Waals surface area contributed by atoms with Gasteiger partial charge in [0.15, 0.2) is 0 Å². The summed E-state index contributed by atoms with van der Waals surface area (Å²) in [6.07, 6.45) is 3.46. The maximum Gasteiger partial charge on any atom is 0.234 e. The molecule has 3 rings (SSSR count). The second-order valence-corrected chi connectivity index (χ2v) is 6.64. The van der Waals surface area contributed by atoms with Crippen molar-refractivity contribution in [1.29, 1.82) is 0 Å². The SMILES string of the molecule is O=C1CSC(c2ccc(F)c(Br)c2)N1Cc1cccnc1. The summed E-state index contributed by atoms with van der Waals surface area (Å²) in [6.45, 7) is 0.513. The number of halogens is 2. The van der Waals surface area contributed by atoms with E-state index in [1.165, 1.54) is 6.07 Å². The number of rotatable bonds is 3. The van der Waals surface area contributed by atoms with Crippen LogP contribution in [0.4, 0.5) is 4.39 Å². The fraction of sp³-hybridized carbons (Fsp3) is 0.200. The van der Waals surface area contributed by atoms with Gasteiger partial charge in [0.25, 0.3) is 0 Å². The summed E-state index contributed by atoms with van der Waals surface area (Å²) in [6, 6.07) is 8.69. The zero-order valence-corrected chi connectivity index (χ0v) is 13.4. The Kier molecular flexibility index (Phi) is 4.26. The van der Waals surface area contributed by atoms with E-state index in [-0.39, 0.29) is 17.1 Å². The van der Waals surface area contributed by atoms with Crippen molar-refractivity contribution >= 4 is 33.6 Å². The van der Waals surface area contributed by atoms with Crippen LogP contribution in [0.2, 0.25) is 0 Å². The first kappa shape index (κ1) is 14.5. The molecule has 0 N–H and O–H groups in total. The molecule has 21 heavy (non-hydrogen) atoms. The van der Waals surface area contributed by atoms with Crippen LogP contribution in [0.15, 0.2) is 47.2 Å². The lowest BCUT2D eigenvalue weighted by Gasteiger charge is -2.24. The lowest BCUT2D eigenvalue weighted by Crippen LogP contribution is -2.27. The second-order valence-electron chi connectivity index (χ2n) is 4.72. The third-order valence-electron chi connectivity index (χ3n) is 3.27. The minimum atomic E-state index is -0.299. The third-order valence-corrected chi connectivity index (χ3v) is 5.14. The third kappa shape index (κ3) is 3.11. The number of aromatic nitrogens is 1. The smallest absolute Gasteiger partial charge is 0.234 e. The number of amides is 1. The Labute approximate surface area is 134 Å². The number of carbonyl (C=O) groups is 1. The molecule has 2 heterocycles. The van der Waals surface area contributed by atoms with E-state index < -0.39 is 0 Å². The van der Waals surface area contributed by atoms with Gasteiger partial charge in [0.2, 0.25) is 5.91 Å². The van der Waals surface area contributed by atoms with Crippen LogP contribution < -0.4 is 0 Å². The normalized spacial score (nSPS) is 18.3. The number of thioether (sulfide) groups is 1. The van der Waals surface area contributed by atoms with Gasteiger partial charge in [0.1, 0.15) is 11.2 Å². The molecule has 3 nitrogen and oxygen atoms in total. The molecule has 1 aliphatic rings. The number of benzene rings is 1. The molecule has 1 saturated heterocycles. The molecule has 0 bridgehead atoms. The van der Waals surface area contributed by atoms with Crippen molar-refractivity contribution in [2.45, 2.75) is 11.9 Å². The minimum absolute atomic E-state index is 0.0883. The summed E-state index contributed by atoms with van der Waals surface area (Å²) in [5.74, 6) is 0.237. The molecule has 108 valence electrons. The zero-order chi connectivity index (χ0) is 14.8. The molecule has 1 atom stereocenters. The van der Waals surface area contributed by atoms with E-state index in [1.54, 1.807) is 41.2 Å². The molecule has 6 heteroatoms. The summed E-state index contributed by atoms with van der Waals surface area (Å²) in [4.78, 5) is 18.0. The molecule has 1 aromatic heterocycles. The highest BCUT2D eigenvalue weighted by Crippen LogP contribution is 2.40. The highest BCUT2D eigenvalue weighted by molar-refractivity contribution is 9.10. The van der Waals surface area contributed by atoms with Crippen molar-refractivity contribution in [3.63, 3.8) is 0 Å². The molecular weight excluding hydrogens is 355 g/mol. The molecule has 0 saturated carbocycles. The average molecular weight is 367 g/mol. The van der Waals surface area contributed by atoms with Crippen molar-refractivity contribution in [1.82, 2.24) is 9.88 Å². The van der Waals surface area contributed by atoms with Crippen LogP contribution in [0.25, 0.3) is 0 Å². The lowest BCUT2D eigenvalue weighted by atomic mass is 10.2. The quantitative estimate of drug-likeness (QED) is 0.828. The van der Waals surface area contributed by atoms with Gasteiger partial charge in [-0.1, -0.05) is 12.1 Å². The van der Waals surface area contributed by atoms with E-state index >= 15 is 0 Å². The molecule has 1 aliphatic heterocycles. The number of hydrogen-bond donors (Lipinski definition) is 0. The molecule has 2 aromatic rings. The molecule has 1 unspecified atom stereocenters. The van der Waals surface area contributed by atoms with Gasteiger partial charge in [-0.15, -0.1) is 11.8 Å². The summed E-state index contributed by atoms with van der Waals surface area (Å²) in [5, 5.41) is -0.0883. The Balaban J connectivity index is 1.86. The Hall–Kier alpha value is -1.40. The Bertz CT molecular complexity index is 668. The summed E-state index contributed by atoms with van der Waals surface area (Å²) in [7, 11) is 0. The maximum absolute atomic E-state index is 13.4. The average Bonchev–Trinajstić information content (AvgIpc) is 2.85. The van der Waals surface area contributed by atoms with Crippen LogP contribution in [0.3, 0.4) is 0 Å². The van der Waals surface area contributed by atoms with Crippen LogP contribution in [0, 0.1) is 5.82 Å². The second kappa shape index (κ2) is 6.15. The van der Waals surface area contributed by atoms with Crippen molar-refractivity contribution in [2.75, 3.05) is 5.75 Å². The monoisotopic (exact) mass is 366 g/mol. The van der Waals surface area contributed by atoms with E-state index in [0.717, 1.165) is 11.1 Å². The van der Waals surface area contributed by atoms with Crippen molar-refractivity contribution in [2.24, 2.45) is 0 Å². The van der Waals surface area contributed by atoms with Crippen molar-refractivity contribution in [3.05, 3.63) is 64.1 Å². The molecule has 0 radical (unpaired) electrons. The van der Waals surface area contributed by atoms with E-state index in [0.29, 0.717) is 16.8 Å². The largest absolute Gasteiger partial charge is 0.321 e. The molecule has 1 fully saturated rings. The number of carbonyl (C=O) groups excluding carboxylic acids is 1. The van der Waals surface area contributed by atoms with Gasteiger partial charge in [-0.2, -0.15) is 0 Å².